The Morgan fingerprint density at radius 2 is 2.30 bits per heavy atom. The highest BCUT2D eigenvalue weighted by molar-refractivity contribution is 5.97. The Labute approximate surface area is 119 Å². The van der Waals surface area contributed by atoms with Crippen molar-refractivity contribution >= 4 is 5.84 Å². The van der Waals surface area contributed by atoms with Crippen molar-refractivity contribution in [2.24, 2.45) is 16.3 Å². The standard InChI is InChI=1S/C15H23N3O2/c1-20-8-7-15(5-6-15)11-17-10-12-3-2-4-13(9-12)14(16)18-19/h2-4,9,17,19H,5-8,10-11H2,1H3,(H2,16,18). The van der Waals surface area contributed by atoms with Crippen molar-refractivity contribution in [2.45, 2.75) is 25.8 Å². The summed E-state index contributed by atoms with van der Waals surface area (Å²) in [7, 11) is 1.75. The second-order valence-corrected chi connectivity index (χ2v) is 5.53. The van der Waals surface area contributed by atoms with E-state index in [0.717, 1.165) is 37.2 Å². The van der Waals surface area contributed by atoms with Gasteiger partial charge in [-0.1, -0.05) is 23.4 Å². The number of rotatable bonds is 8. The molecule has 0 radical (unpaired) electrons. The highest BCUT2D eigenvalue weighted by atomic mass is 16.5. The number of ether oxygens (including phenoxy) is 1. The summed E-state index contributed by atoms with van der Waals surface area (Å²) < 4.78 is 5.16. The Balaban J connectivity index is 1.82. The van der Waals surface area contributed by atoms with Crippen LogP contribution < -0.4 is 11.1 Å². The van der Waals surface area contributed by atoms with Gasteiger partial charge in [0.05, 0.1) is 0 Å². The van der Waals surface area contributed by atoms with Gasteiger partial charge in [-0.3, -0.25) is 0 Å². The lowest BCUT2D eigenvalue weighted by atomic mass is 10.0. The van der Waals surface area contributed by atoms with E-state index in [-0.39, 0.29) is 5.84 Å². The zero-order chi connectivity index (χ0) is 14.4. The Morgan fingerprint density at radius 3 is 2.95 bits per heavy atom. The van der Waals surface area contributed by atoms with Crippen molar-refractivity contribution in [1.82, 2.24) is 5.32 Å². The predicted molar refractivity (Wildman–Crippen MR) is 78.8 cm³/mol. The Hall–Kier alpha value is -1.59. The van der Waals surface area contributed by atoms with Crippen LogP contribution in [0, 0.1) is 5.41 Å². The molecule has 0 bridgehead atoms. The molecule has 1 aliphatic rings. The summed E-state index contributed by atoms with van der Waals surface area (Å²) in [6, 6.07) is 7.73. The van der Waals surface area contributed by atoms with Crippen LogP contribution in [0.2, 0.25) is 0 Å². The fourth-order valence-corrected chi connectivity index (χ4v) is 2.38. The van der Waals surface area contributed by atoms with Crippen molar-refractivity contribution in [3.63, 3.8) is 0 Å². The summed E-state index contributed by atoms with van der Waals surface area (Å²) in [5, 5.41) is 15.2. The third kappa shape index (κ3) is 3.95. The first-order chi connectivity index (χ1) is 9.69. The molecule has 0 heterocycles. The van der Waals surface area contributed by atoms with E-state index in [2.05, 4.69) is 10.5 Å². The van der Waals surface area contributed by atoms with E-state index in [9.17, 15) is 0 Å². The molecule has 1 fully saturated rings. The number of hydrogen-bond donors (Lipinski definition) is 3. The summed E-state index contributed by atoms with van der Waals surface area (Å²) in [6.45, 7) is 2.64. The maximum atomic E-state index is 8.69. The van der Waals surface area contributed by atoms with E-state index >= 15 is 0 Å². The lowest BCUT2D eigenvalue weighted by Gasteiger charge is -2.15. The number of oxime groups is 1. The minimum atomic E-state index is 0.144. The minimum Gasteiger partial charge on any atom is -0.409 e. The van der Waals surface area contributed by atoms with Gasteiger partial charge < -0.3 is 21.0 Å². The highest BCUT2D eigenvalue weighted by Gasteiger charge is 2.41. The van der Waals surface area contributed by atoms with Gasteiger partial charge >= 0.3 is 0 Å². The lowest BCUT2D eigenvalue weighted by Crippen LogP contribution is -2.24. The topological polar surface area (TPSA) is 79.9 Å². The average Bonchev–Trinajstić information content (AvgIpc) is 3.25. The van der Waals surface area contributed by atoms with Crippen molar-refractivity contribution in [3.05, 3.63) is 35.4 Å². The number of nitrogens with one attached hydrogen (secondary N) is 1. The molecule has 1 aromatic rings. The van der Waals surface area contributed by atoms with Crippen LogP contribution in [0.25, 0.3) is 0 Å². The Kier molecular flexibility index (Phi) is 4.98. The van der Waals surface area contributed by atoms with Crippen LogP contribution in [0.15, 0.2) is 29.4 Å². The van der Waals surface area contributed by atoms with Crippen LogP contribution in [-0.4, -0.2) is 31.3 Å². The monoisotopic (exact) mass is 277 g/mol. The zero-order valence-electron chi connectivity index (χ0n) is 11.9. The molecular weight excluding hydrogens is 254 g/mol. The van der Waals surface area contributed by atoms with Gasteiger partial charge in [-0.25, -0.2) is 0 Å². The van der Waals surface area contributed by atoms with Crippen molar-refractivity contribution in [2.75, 3.05) is 20.3 Å². The van der Waals surface area contributed by atoms with Crippen LogP contribution in [0.5, 0.6) is 0 Å². The lowest BCUT2D eigenvalue weighted by molar-refractivity contribution is 0.171. The molecule has 0 atom stereocenters. The van der Waals surface area contributed by atoms with E-state index in [1.165, 1.54) is 12.8 Å². The zero-order valence-corrected chi connectivity index (χ0v) is 11.9. The summed E-state index contributed by atoms with van der Waals surface area (Å²) in [5.41, 5.74) is 7.91. The second kappa shape index (κ2) is 6.72. The molecule has 1 saturated carbocycles. The van der Waals surface area contributed by atoms with Gasteiger partial charge in [0, 0.05) is 32.4 Å². The molecule has 110 valence electrons. The Bertz CT molecular complexity index is 470. The van der Waals surface area contributed by atoms with E-state index in [1.54, 1.807) is 7.11 Å². The van der Waals surface area contributed by atoms with Gasteiger partial charge in [0.1, 0.15) is 0 Å². The number of nitrogens with two attached hydrogens (primary N) is 1. The quantitative estimate of drug-likeness (QED) is 0.292. The number of benzene rings is 1. The van der Waals surface area contributed by atoms with E-state index in [4.69, 9.17) is 15.7 Å². The molecule has 0 saturated heterocycles. The maximum Gasteiger partial charge on any atom is 0.170 e. The molecule has 0 spiro atoms. The van der Waals surface area contributed by atoms with Crippen LogP contribution in [0.4, 0.5) is 0 Å². The second-order valence-electron chi connectivity index (χ2n) is 5.53. The highest BCUT2D eigenvalue weighted by Crippen LogP contribution is 2.48. The minimum absolute atomic E-state index is 0.144. The molecular formula is C15H23N3O2. The molecule has 0 aliphatic heterocycles. The van der Waals surface area contributed by atoms with Crippen LogP contribution in [-0.2, 0) is 11.3 Å². The molecule has 0 unspecified atom stereocenters. The van der Waals surface area contributed by atoms with Gasteiger partial charge in [0.2, 0.25) is 0 Å². The first-order valence-corrected chi connectivity index (χ1v) is 6.96. The van der Waals surface area contributed by atoms with Crippen LogP contribution in [0.1, 0.15) is 30.4 Å². The van der Waals surface area contributed by atoms with Crippen molar-refractivity contribution in [1.29, 1.82) is 0 Å². The van der Waals surface area contributed by atoms with E-state index in [1.807, 2.05) is 24.3 Å². The number of amidine groups is 1. The van der Waals surface area contributed by atoms with E-state index in [0.29, 0.717) is 5.41 Å². The summed E-state index contributed by atoms with van der Waals surface area (Å²) in [6.07, 6.45) is 3.70. The SMILES string of the molecule is COCCC1(CNCc2cccc(/C(N)=N/O)c2)CC1. The smallest absolute Gasteiger partial charge is 0.170 e. The maximum absolute atomic E-state index is 8.69. The molecule has 2 rings (SSSR count). The van der Waals surface area contributed by atoms with Crippen molar-refractivity contribution in [3.8, 4) is 0 Å². The third-order valence-electron chi connectivity index (χ3n) is 3.95. The normalized spacial score (nSPS) is 17.1. The van der Waals surface area contributed by atoms with Crippen LogP contribution >= 0.6 is 0 Å². The Morgan fingerprint density at radius 1 is 1.50 bits per heavy atom. The van der Waals surface area contributed by atoms with Gasteiger partial charge in [-0.05, 0) is 36.3 Å². The molecule has 0 aromatic heterocycles. The summed E-state index contributed by atoms with van der Waals surface area (Å²) in [5.74, 6) is 0.144. The number of nitrogens with zero attached hydrogens (tertiary/aromatic N) is 1. The fraction of sp³-hybridized carbons (Fsp3) is 0.533. The molecule has 20 heavy (non-hydrogen) atoms. The number of hydrogen-bond acceptors (Lipinski definition) is 4. The molecule has 1 aromatic carbocycles. The largest absolute Gasteiger partial charge is 0.409 e. The molecule has 1 aliphatic carbocycles. The van der Waals surface area contributed by atoms with Gasteiger partial charge in [0.25, 0.3) is 0 Å². The first-order valence-electron chi connectivity index (χ1n) is 6.96. The first kappa shape index (κ1) is 14.8. The summed E-state index contributed by atoms with van der Waals surface area (Å²) in [4.78, 5) is 0. The molecule has 4 N–H and O–H groups in total. The number of methoxy groups -OCH3 is 1. The summed E-state index contributed by atoms with van der Waals surface area (Å²) >= 11 is 0. The molecule has 5 heteroatoms. The molecule has 0 amide bonds. The van der Waals surface area contributed by atoms with E-state index < -0.39 is 0 Å². The third-order valence-corrected chi connectivity index (χ3v) is 3.95. The van der Waals surface area contributed by atoms with Crippen LogP contribution in [0.3, 0.4) is 0 Å². The fourth-order valence-electron chi connectivity index (χ4n) is 2.38. The van der Waals surface area contributed by atoms with Gasteiger partial charge in [-0.15, -0.1) is 0 Å². The predicted octanol–water partition coefficient (Wildman–Crippen LogP) is 1.69. The average molecular weight is 277 g/mol. The molecule has 5 nitrogen and oxygen atoms in total. The van der Waals surface area contributed by atoms with Gasteiger partial charge in [0.15, 0.2) is 5.84 Å². The van der Waals surface area contributed by atoms with Gasteiger partial charge in [-0.2, -0.15) is 0 Å². The van der Waals surface area contributed by atoms with Crippen molar-refractivity contribution < 1.29 is 9.94 Å².